The molecule has 0 bridgehead atoms. The minimum absolute atomic E-state index is 0.0169. The summed E-state index contributed by atoms with van der Waals surface area (Å²) < 4.78 is 39.5. The van der Waals surface area contributed by atoms with E-state index in [4.69, 9.17) is 0 Å². The SMILES string of the molecule is CCc1cccc(C)c1N(CCC(=O)Nc1ccccc1F)S(C)(=O)=O. The summed E-state index contributed by atoms with van der Waals surface area (Å²) in [6, 6.07) is 11.4. The van der Waals surface area contributed by atoms with Gasteiger partial charge in [0.2, 0.25) is 15.9 Å². The Kier molecular flexibility index (Phi) is 6.37. The first-order chi connectivity index (χ1) is 12.2. The van der Waals surface area contributed by atoms with Crippen LogP contribution >= 0.6 is 0 Å². The van der Waals surface area contributed by atoms with Crippen molar-refractivity contribution in [1.29, 1.82) is 0 Å². The summed E-state index contributed by atoms with van der Waals surface area (Å²) in [5, 5.41) is 2.48. The number of benzene rings is 2. The van der Waals surface area contributed by atoms with Gasteiger partial charge in [0.1, 0.15) is 5.82 Å². The van der Waals surface area contributed by atoms with Crippen LogP contribution in [0.25, 0.3) is 0 Å². The Hall–Kier alpha value is -2.41. The highest BCUT2D eigenvalue weighted by molar-refractivity contribution is 7.92. The zero-order chi connectivity index (χ0) is 19.3. The molecule has 5 nitrogen and oxygen atoms in total. The lowest BCUT2D eigenvalue weighted by atomic mass is 10.1. The van der Waals surface area contributed by atoms with E-state index in [1.165, 1.54) is 22.5 Å². The van der Waals surface area contributed by atoms with Crippen LogP contribution in [0, 0.1) is 12.7 Å². The number of sulfonamides is 1. The number of aryl methyl sites for hydroxylation is 2. The summed E-state index contributed by atoms with van der Waals surface area (Å²) >= 11 is 0. The molecule has 7 heteroatoms. The van der Waals surface area contributed by atoms with Gasteiger partial charge in [-0.1, -0.05) is 37.3 Å². The number of nitrogens with zero attached hydrogens (tertiary/aromatic N) is 1. The van der Waals surface area contributed by atoms with Gasteiger partial charge in [0, 0.05) is 13.0 Å². The normalized spacial score (nSPS) is 11.2. The van der Waals surface area contributed by atoms with Gasteiger partial charge in [0.15, 0.2) is 0 Å². The first kappa shape index (κ1) is 19.9. The lowest BCUT2D eigenvalue weighted by Crippen LogP contribution is -2.34. The van der Waals surface area contributed by atoms with Crippen molar-refractivity contribution in [1.82, 2.24) is 0 Å². The fourth-order valence-electron chi connectivity index (χ4n) is 2.78. The Labute approximate surface area is 153 Å². The number of carbonyl (C=O) groups is 1. The van der Waals surface area contributed by atoms with E-state index in [0.717, 1.165) is 17.4 Å². The van der Waals surface area contributed by atoms with Crippen LogP contribution in [0.4, 0.5) is 15.8 Å². The molecular formula is C19H23FN2O3S. The summed E-state index contributed by atoms with van der Waals surface area (Å²) in [6.45, 7) is 3.77. The smallest absolute Gasteiger partial charge is 0.232 e. The van der Waals surface area contributed by atoms with Crippen LogP contribution in [0.5, 0.6) is 0 Å². The molecule has 0 unspecified atom stereocenters. The number of amides is 1. The number of hydrogen-bond donors (Lipinski definition) is 1. The molecule has 1 amide bonds. The molecule has 0 heterocycles. The van der Waals surface area contributed by atoms with Gasteiger partial charge in [-0.15, -0.1) is 0 Å². The van der Waals surface area contributed by atoms with Crippen LogP contribution in [-0.2, 0) is 21.2 Å². The Morgan fingerprint density at radius 1 is 1.15 bits per heavy atom. The quantitative estimate of drug-likeness (QED) is 0.802. The van der Waals surface area contributed by atoms with E-state index in [2.05, 4.69) is 5.32 Å². The molecule has 0 aromatic heterocycles. The van der Waals surface area contributed by atoms with Gasteiger partial charge in [-0.05, 0) is 36.6 Å². The number of hydrogen-bond acceptors (Lipinski definition) is 3. The van der Waals surface area contributed by atoms with E-state index >= 15 is 0 Å². The highest BCUT2D eigenvalue weighted by atomic mass is 32.2. The van der Waals surface area contributed by atoms with Gasteiger partial charge in [-0.2, -0.15) is 0 Å². The zero-order valence-electron chi connectivity index (χ0n) is 15.1. The van der Waals surface area contributed by atoms with E-state index in [-0.39, 0.29) is 18.7 Å². The second-order valence-corrected chi connectivity index (χ2v) is 7.96. The van der Waals surface area contributed by atoms with Gasteiger partial charge in [0.05, 0.1) is 17.6 Å². The van der Waals surface area contributed by atoms with Gasteiger partial charge in [-0.3, -0.25) is 9.10 Å². The maximum absolute atomic E-state index is 13.6. The second kappa shape index (κ2) is 8.31. The molecule has 0 spiro atoms. The fourth-order valence-corrected chi connectivity index (χ4v) is 3.80. The third kappa shape index (κ3) is 4.82. The van der Waals surface area contributed by atoms with E-state index in [9.17, 15) is 17.6 Å². The van der Waals surface area contributed by atoms with Crippen molar-refractivity contribution in [3.63, 3.8) is 0 Å². The molecular weight excluding hydrogens is 355 g/mol. The monoisotopic (exact) mass is 378 g/mol. The Balaban J connectivity index is 2.21. The maximum Gasteiger partial charge on any atom is 0.232 e. The number of rotatable bonds is 7. The number of carbonyl (C=O) groups excluding carboxylic acids is 1. The average Bonchev–Trinajstić information content (AvgIpc) is 2.57. The molecule has 1 N–H and O–H groups in total. The fraction of sp³-hybridized carbons (Fsp3) is 0.316. The van der Waals surface area contributed by atoms with Crippen LogP contribution in [-0.4, -0.2) is 27.1 Å². The summed E-state index contributed by atoms with van der Waals surface area (Å²) in [7, 11) is -3.57. The first-order valence-electron chi connectivity index (χ1n) is 8.34. The molecule has 0 atom stereocenters. The molecule has 0 aliphatic rings. The Bertz CT molecular complexity index is 897. The summed E-state index contributed by atoms with van der Waals surface area (Å²) in [4.78, 5) is 12.2. The van der Waals surface area contributed by atoms with Crippen molar-refractivity contribution in [2.24, 2.45) is 0 Å². The molecule has 26 heavy (non-hydrogen) atoms. The van der Waals surface area contributed by atoms with Crippen molar-refractivity contribution < 1.29 is 17.6 Å². The molecule has 140 valence electrons. The molecule has 0 saturated heterocycles. The first-order valence-corrected chi connectivity index (χ1v) is 10.2. The van der Waals surface area contributed by atoms with E-state index in [1.54, 1.807) is 6.07 Å². The number of para-hydroxylation sites is 2. The third-order valence-electron chi connectivity index (χ3n) is 4.04. The van der Waals surface area contributed by atoms with Crippen molar-refractivity contribution >= 4 is 27.3 Å². The van der Waals surface area contributed by atoms with E-state index in [0.29, 0.717) is 12.1 Å². The van der Waals surface area contributed by atoms with Crippen molar-refractivity contribution in [2.75, 3.05) is 22.4 Å². The van der Waals surface area contributed by atoms with Crippen LogP contribution in [0.15, 0.2) is 42.5 Å². The topological polar surface area (TPSA) is 66.5 Å². The molecule has 0 fully saturated rings. The van der Waals surface area contributed by atoms with Crippen LogP contribution in [0.2, 0.25) is 0 Å². The Morgan fingerprint density at radius 2 is 1.85 bits per heavy atom. The van der Waals surface area contributed by atoms with E-state index < -0.39 is 21.7 Å². The second-order valence-electron chi connectivity index (χ2n) is 6.05. The molecule has 0 radical (unpaired) electrons. The number of nitrogens with one attached hydrogen (secondary N) is 1. The summed E-state index contributed by atoms with van der Waals surface area (Å²) in [5.41, 5.74) is 2.40. The highest BCUT2D eigenvalue weighted by Gasteiger charge is 2.22. The van der Waals surface area contributed by atoms with Gasteiger partial charge in [-0.25, -0.2) is 12.8 Å². The molecule has 2 aromatic rings. The van der Waals surface area contributed by atoms with Gasteiger partial charge in [0.25, 0.3) is 0 Å². The maximum atomic E-state index is 13.6. The molecule has 2 rings (SSSR count). The molecule has 0 aliphatic heterocycles. The van der Waals surface area contributed by atoms with Gasteiger partial charge >= 0.3 is 0 Å². The molecule has 0 aliphatic carbocycles. The zero-order valence-corrected chi connectivity index (χ0v) is 15.9. The van der Waals surface area contributed by atoms with Crippen LogP contribution < -0.4 is 9.62 Å². The Morgan fingerprint density at radius 3 is 2.46 bits per heavy atom. The number of anilines is 2. The lowest BCUT2D eigenvalue weighted by Gasteiger charge is -2.26. The molecule has 2 aromatic carbocycles. The number of halogens is 1. The summed E-state index contributed by atoms with van der Waals surface area (Å²) in [6.07, 6.45) is 1.71. The minimum atomic E-state index is -3.57. The summed E-state index contributed by atoms with van der Waals surface area (Å²) in [5.74, 6) is -0.983. The third-order valence-corrected chi connectivity index (χ3v) is 5.21. The van der Waals surface area contributed by atoms with Crippen molar-refractivity contribution in [3.8, 4) is 0 Å². The minimum Gasteiger partial charge on any atom is -0.324 e. The van der Waals surface area contributed by atoms with Gasteiger partial charge < -0.3 is 5.32 Å². The standard InChI is InChI=1S/C19H23FN2O3S/c1-4-15-9-7-8-14(2)19(15)22(26(3,24)25)13-12-18(23)21-17-11-6-5-10-16(17)20/h5-11H,4,12-13H2,1-3H3,(H,21,23). The predicted octanol–water partition coefficient (Wildman–Crippen LogP) is 3.49. The van der Waals surface area contributed by atoms with Crippen LogP contribution in [0.3, 0.4) is 0 Å². The van der Waals surface area contributed by atoms with Crippen molar-refractivity contribution in [2.45, 2.75) is 26.7 Å². The highest BCUT2D eigenvalue weighted by Crippen LogP contribution is 2.28. The van der Waals surface area contributed by atoms with E-state index in [1.807, 2.05) is 32.0 Å². The van der Waals surface area contributed by atoms with Crippen molar-refractivity contribution in [3.05, 3.63) is 59.4 Å². The van der Waals surface area contributed by atoms with Crippen LogP contribution in [0.1, 0.15) is 24.5 Å². The average molecular weight is 378 g/mol. The molecule has 0 saturated carbocycles. The largest absolute Gasteiger partial charge is 0.324 e. The predicted molar refractivity (Wildman–Crippen MR) is 102 cm³/mol. The lowest BCUT2D eigenvalue weighted by molar-refractivity contribution is -0.116.